The smallest absolute Gasteiger partial charge is 0.224 e. The molecule has 3 heterocycles. The van der Waals surface area contributed by atoms with Gasteiger partial charge in [-0.2, -0.15) is 0 Å². The van der Waals surface area contributed by atoms with Crippen LogP contribution in [0.3, 0.4) is 0 Å². The van der Waals surface area contributed by atoms with E-state index in [4.69, 9.17) is 16.0 Å². The zero-order valence-corrected chi connectivity index (χ0v) is 21.4. The molecule has 1 aromatic carbocycles. The molecule has 1 atom stereocenters. The van der Waals surface area contributed by atoms with E-state index in [0.29, 0.717) is 34.9 Å². The molecule has 1 unspecified atom stereocenters. The third-order valence-electron chi connectivity index (χ3n) is 5.99. The Labute approximate surface area is 212 Å². The third-order valence-corrected chi connectivity index (χ3v) is 7.51. The number of rotatable bonds is 9. The predicted octanol–water partition coefficient (Wildman–Crippen LogP) is 4.18. The first kappa shape index (κ1) is 25.2. The van der Waals surface area contributed by atoms with Gasteiger partial charge in [0.2, 0.25) is 11.3 Å². The maximum atomic E-state index is 13.3. The first-order valence-electron chi connectivity index (χ1n) is 11.2. The Bertz CT molecular complexity index is 1380. The summed E-state index contributed by atoms with van der Waals surface area (Å²) in [6.45, 7) is 3.41. The number of nitrogens with zero attached hydrogens (tertiary/aromatic N) is 2. The predicted molar refractivity (Wildman–Crippen MR) is 139 cm³/mol. The van der Waals surface area contributed by atoms with Gasteiger partial charge in [-0.05, 0) is 43.3 Å². The van der Waals surface area contributed by atoms with Gasteiger partial charge < -0.3 is 19.4 Å². The molecule has 9 heteroatoms. The topological polar surface area (TPSA) is 87.7 Å². The summed E-state index contributed by atoms with van der Waals surface area (Å²) in [5.74, 6) is -0.210. The standard InChI is InChI=1S/C26H28ClN3O4S/c1-16-22(14-29(2)13-21(31)18-8-9-34-15-18)35-26-24(16)30(3)12-19(25(26)33)10-23(32)28-11-17-4-6-20(27)7-5-17/h4-9,12,15,21,31H,10-11,13-14H2,1-3H3,(H,28,32). The zero-order valence-electron chi connectivity index (χ0n) is 19.9. The van der Waals surface area contributed by atoms with Crippen LogP contribution in [0.15, 0.2) is 58.3 Å². The SMILES string of the molecule is Cc1c(CN(C)CC(O)c2ccoc2)sc2c(=O)c(CC(=O)NCc3ccc(Cl)cc3)cn(C)c12. The quantitative estimate of drug-likeness (QED) is 0.350. The number of pyridine rings is 1. The van der Waals surface area contributed by atoms with Crippen molar-refractivity contribution in [2.24, 2.45) is 7.05 Å². The molecule has 0 aliphatic rings. The monoisotopic (exact) mass is 513 g/mol. The summed E-state index contributed by atoms with van der Waals surface area (Å²) in [6, 6.07) is 9.02. The Morgan fingerprint density at radius 1 is 1.29 bits per heavy atom. The fraction of sp³-hybridized carbons (Fsp3) is 0.308. The molecule has 7 nitrogen and oxygen atoms in total. The fourth-order valence-corrected chi connectivity index (χ4v) is 5.65. The molecule has 4 rings (SSSR count). The summed E-state index contributed by atoms with van der Waals surface area (Å²) in [5.41, 5.74) is 3.94. The maximum absolute atomic E-state index is 13.3. The van der Waals surface area contributed by atoms with Gasteiger partial charge in [0.05, 0.1) is 35.3 Å². The molecule has 35 heavy (non-hydrogen) atoms. The number of carbonyl (C=O) groups is 1. The number of fused-ring (bicyclic) bond motifs is 1. The second-order valence-corrected chi connectivity index (χ2v) is 10.3. The summed E-state index contributed by atoms with van der Waals surface area (Å²) in [5, 5.41) is 13.9. The van der Waals surface area contributed by atoms with E-state index in [2.05, 4.69) is 5.32 Å². The maximum Gasteiger partial charge on any atom is 0.224 e. The third kappa shape index (κ3) is 5.85. The summed E-state index contributed by atoms with van der Waals surface area (Å²) >= 11 is 7.36. The molecule has 0 aliphatic heterocycles. The van der Waals surface area contributed by atoms with Gasteiger partial charge in [-0.15, -0.1) is 11.3 Å². The molecule has 2 N–H and O–H groups in total. The van der Waals surface area contributed by atoms with Crippen LogP contribution in [0.5, 0.6) is 0 Å². The number of likely N-dealkylation sites (N-methyl/N-ethyl adjacent to an activating group) is 1. The second-order valence-electron chi connectivity index (χ2n) is 8.77. The number of hydrogen-bond acceptors (Lipinski definition) is 6. The minimum absolute atomic E-state index is 0.0132. The van der Waals surface area contributed by atoms with Crippen LogP contribution in [0.25, 0.3) is 10.2 Å². The van der Waals surface area contributed by atoms with Crippen molar-refractivity contribution in [3.8, 4) is 0 Å². The highest BCUT2D eigenvalue weighted by molar-refractivity contribution is 7.19. The highest BCUT2D eigenvalue weighted by atomic mass is 35.5. The minimum Gasteiger partial charge on any atom is -0.472 e. The van der Waals surface area contributed by atoms with E-state index < -0.39 is 6.10 Å². The molecule has 184 valence electrons. The van der Waals surface area contributed by atoms with Crippen molar-refractivity contribution < 1.29 is 14.3 Å². The van der Waals surface area contributed by atoms with Crippen molar-refractivity contribution in [3.63, 3.8) is 0 Å². The lowest BCUT2D eigenvalue weighted by Crippen LogP contribution is -2.27. The number of halogens is 1. The number of nitrogens with one attached hydrogen (secondary N) is 1. The normalized spacial score (nSPS) is 12.4. The van der Waals surface area contributed by atoms with Gasteiger partial charge in [-0.25, -0.2) is 0 Å². The van der Waals surface area contributed by atoms with Crippen LogP contribution < -0.4 is 10.7 Å². The van der Waals surface area contributed by atoms with E-state index in [1.54, 1.807) is 36.9 Å². The van der Waals surface area contributed by atoms with Gasteiger partial charge in [0, 0.05) is 53.9 Å². The number of benzene rings is 1. The highest BCUT2D eigenvalue weighted by Gasteiger charge is 2.19. The molecule has 0 saturated heterocycles. The lowest BCUT2D eigenvalue weighted by atomic mass is 10.1. The molecule has 0 spiro atoms. The summed E-state index contributed by atoms with van der Waals surface area (Å²) in [4.78, 5) is 28.9. The van der Waals surface area contributed by atoms with Crippen LogP contribution in [0, 0.1) is 6.92 Å². The molecule has 0 aliphatic carbocycles. The van der Waals surface area contributed by atoms with E-state index in [1.807, 2.05) is 42.6 Å². The van der Waals surface area contributed by atoms with Crippen LogP contribution >= 0.6 is 22.9 Å². The van der Waals surface area contributed by atoms with Gasteiger partial charge in [-0.3, -0.25) is 14.5 Å². The average molecular weight is 514 g/mol. The van der Waals surface area contributed by atoms with Gasteiger partial charge in [0.25, 0.3) is 0 Å². The zero-order chi connectivity index (χ0) is 25.1. The lowest BCUT2D eigenvalue weighted by molar-refractivity contribution is -0.120. The van der Waals surface area contributed by atoms with Crippen molar-refractivity contribution >= 4 is 39.1 Å². The largest absolute Gasteiger partial charge is 0.472 e. The number of aromatic nitrogens is 1. The first-order chi connectivity index (χ1) is 16.7. The van der Waals surface area contributed by atoms with Crippen LogP contribution in [0.1, 0.15) is 33.2 Å². The van der Waals surface area contributed by atoms with Crippen molar-refractivity contribution in [3.05, 3.63) is 91.4 Å². The summed E-state index contributed by atoms with van der Waals surface area (Å²) in [6.07, 6.45) is 4.19. The Balaban J connectivity index is 1.48. The fourth-order valence-electron chi connectivity index (χ4n) is 4.12. The van der Waals surface area contributed by atoms with Crippen molar-refractivity contribution in [2.75, 3.05) is 13.6 Å². The van der Waals surface area contributed by atoms with E-state index >= 15 is 0 Å². The van der Waals surface area contributed by atoms with E-state index in [9.17, 15) is 14.7 Å². The first-order valence-corrected chi connectivity index (χ1v) is 12.4. The number of carbonyl (C=O) groups excluding carboxylic acids is 1. The lowest BCUT2D eigenvalue weighted by Gasteiger charge is -2.19. The van der Waals surface area contributed by atoms with E-state index in [0.717, 1.165) is 27.1 Å². The van der Waals surface area contributed by atoms with Crippen molar-refractivity contribution in [1.82, 2.24) is 14.8 Å². The van der Waals surface area contributed by atoms with Gasteiger partial charge in [0.15, 0.2) is 0 Å². The molecule has 0 bridgehead atoms. The molecule has 0 saturated carbocycles. The van der Waals surface area contributed by atoms with E-state index in [-0.39, 0.29) is 17.8 Å². The second kappa shape index (κ2) is 10.8. The van der Waals surface area contributed by atoms with Crippen molar-refractivity contribution in [2.45, 2.75) is 32.5 Å². The van der Waals surface area contributed by atoms with Crippen LogP contribution in [-0.4, -0.2) is 34.1 Å². The van der Waals surface area contributed by atoms with E-state index in [1.165, 1.54) is 11.3 Å². The number of aliphatic hydroxyl groups is 1. The number of aryl methyl sites for hydroxylation is 2. The molecule has 0 radical (unpaired) electrons. The van der Waals surface area contributed by atoms with Crippen LogP contribution in [0.2, 0.25) is 5.02 Å². The number of furan rings is 1. The summed E-state index contributed by atoms with van der Waals surface area (Å²) in [7, 11) is 3.83. The van der Waals surface area contributed by atoms with Crippen LogP contribution in [0.4, 0.5) is 0 Å². The highest BCUT2D eigenvalue weighted by Crippen LogP contribution is 2.30. The number of amides is 1. The molecule has 0 fully saturated rings. The Kier molecular flexibility index (Phi) is 7.76. The number of thiophene rings is 1. The summed E-state index contributed by atoms with van der Waals surface area (Å²) < 4.78 is 7.62. The molecule has 1 amide bonds. The molecule has 3 aromatic heterocycles. The minimum atomic E-state index is -0.655. The number of aliphatic hydroxyl groups excluding tert-OH is 1. The molecular weight excluding hydrogens is 486 g/mol. The molecular formula is C26H28ClN3O4S. The molecule has 4 aromatic rings. The van der Waals surface area contributed by atoms with Gasteiger partial charge >= 0.3 is 0 Å². The van der Waals surface area contributed by atoms with Crippen molar-refractivity contribution in [1.29, 1.82) is 0 Å². The number of hydrogen-bond donors (Lipinski definition) is 2. The van der Waals surface area contributed by atoms with Crippen LogP contribution in [-0.2, 0) is 31.4 Å². The average Bonchev–Trinajstić information content (AvgIpc) is 3.46. The Hall–Kier alpha value is -2.91. The Morgan fingerprint density at radius 2 is 2.03 bits per heavy atom. The van der Waals surface area contributed by atoms with Gasteiger partial charge in [0.1, 0.15) is 0 Å². The van der Waals surface area contributed by atoms with Gasteiger partial charge in [-0.1, -0.05) is 23.7 Å². The Morgan fingerprint density at radius 3 is 2.71 bits per heavy atom.